The van der Waals surface area contributed by atoms with Gasteiger partial charge in [0.05, 0.1) is 6.54 Å². The normalized spacial score (nSPS) is 12.0. The van der Waals surface area contributed by atoms with Crippen LogP contribution < -0.4 is 10.1 Å². The minimum absolute atomic E-state index is 0.0181. The Balaban J connectivity index is 1.87. The van der Waals surface area contributed by atoms with Crippen LogP contribution in [-0.2, 0) is 4.79 Å². The highest BCUT2D eigenvalue weighted by Crippen LogP contribution is 2.19. The first kappa shape index (κ1) is 18.0. The van der Waals surface area contributed by atoms with Gasteiger partial charge in [0.25, 0.3) is 0 Å². The SMILES string of the molecule is Cc1ccc(OCCNC(=O)C(c2ccccc2)N(C)C)c(C)c1. The molecule has 0 aromatic heterocycles. The fourth-order valence-corrected chi connectivity index (χ4v) is 2.71. The van der Waals surface area contributed by atoms with Crippen LogP contribution in [0.15, 0.2) is 48.5 Å². The fourth-order valence-electron chi connectivity index (χ4n) is 2.71. The zero-order valence-corrected chi connectivity index (χ0v) is 14.9. The van der Waals surface area contributed by atoms with E-state index in [2.05, 4.69) is 18.3 Å². The first-order valence-corrected chi connectivity index (χ1v) is 8.18. The Kier molecular flexibility index (Phi) is 6.38. The van der Waals surface area contributed by atoms with Crippen molar-refractivity contribution in [2.75, 3.05) is 27.2 Å². The second-order valence-corrected chi connectivity index (χ2v) is 6.19. The van der Waals surface area contributed by atoms with Gasteiger partial charge in [-0.25, -0.2) is 0 Å². The Morgan fingerprint density at radius 2 is 1.83 bits per heavy atom. The maximum atomic E-state index is 12.5. The number of ether oxygens (including phenoxy) is 1. The number of hydrogen-bond donors (Lipinski definition) is 1. The molecule has 2 aromatic carbocycles. The monoisotopic (exact) mass is 326 g/mol. The molecule has 2 aromatic rings. The molecule has 0 aliphatic rings. The fraction of sp³-hybridized carbons (Fsp3) is 0.350. The molecule has 0 spiro atoms. The van der Waals surface area contributed by atoms with E-state index in [1.165, 1.54) is 5.56 Å². The molecule has 0 heterocycles. The Labute approximate surface area is 144 Å². The van der Waals surface area contributed by atoms with Crippen LogP contribution in [0.4, 0.5) is 0 Å². The largest absolute Gasteiger partial charge is 0.491 e. The second kappa shape index (κ2) is 8.50. The second-order valence-electron chi connectivity index (χ2n) is 6.19. The summed E-state index contributed by atoms with van der Waals surface area (Å²) in [7, 11) is 3.81. The van der Waals surface area contributed by atoms with E-state index in [0.717, 1.165) is 16.9 Å². The highest BCUT2D eigenvalue weighted by molar-refractivity contribution is 5.83. The number of likely N-dealkylation sites (N-methyl/N-ethyl adjacent to an activating group) is 1. The third-order valence-electron chi connectivity index (χ3n) is 3.87. The lowest BCUT2D eigenvalue weighted by Crippen LogP contribution is -2.38. The van der Waals surface area contributed by atoms with Crippen LogP contribution in [0.25, 0.3) is 0 Å². The van der Waals surface area contributed by atoms with Crippen molar-refractivity contribution < 1.29 is 9.53 Å². The predicted octanol–water partition coefficient (Wildman–Crippen LogP) is 3.10. The predicted molar refractivity (Wildman–Crippen MR) is 97.3 cm³/mol. The van der Waals surface area contributed by atoms with E-state index in [1.54, 1.807) is 0 Å². The van der Waals surface area contributed by atoms with E-state index in [-0.39, 0.29) is 11.9 Å². The third kappa shape index (κ3) is 4.83. The minimum Gasteiger partial charge on any atom is -0.491 e. The molecule has 0 aliphatic heterocycles. The average Bonchev–Trinajstić information content (AvgIpc) is 2.54. The van der Waals surface area contributed by atoms with Gasteiger partial charge in [0, 0.05) is 0 Å². The molecule has 0 aliphatic carbocycles. The molecule has 24 heavy (non-hydrogen) atoms. The van der Waals surface area contributed by atoms with Crippen LogP contribution in [0.5, 0.6) is 5.75 Å². The van der Waals surface area contributed by atoms with Crippen LogP contribution in [-0.4, -0.2) is 38.1 Å². The van der Waals surface area contributed by atoms with Crippen LogP contribution in [0, 0.1) is 13.8 Å². The van der Waals surface area contributed by atoms with Gasteiger partial charge in [0.15, 0.2) is 0 Å². The summed E-state index contributed by atoms with van der Waals surface area (Å²) >= 11 is 0. The molecule has 0 radical (unpaired) electrons. The zero-order valence-electron chi connectivity index (χ0n) is 14.9. The highest BCUT2D eigenvalue weighted by atomic mass is 16.5. The number of amides is 1. The third-order valence-corrected chi connectivity index (χ3v) is 3.87. The molecule has 0 saturated carbocycles. The molecule has 0 saturated heterocycles. The van der Waals surface area contributed by atoms with Crippen molar-refractivity contribution in [3.8, 4) is 5.75 Å². The topological polar surface area (TPSA) is 41.6 Å². The van der Waals surface area contributed by atoms with Gasteiger partial charge in [-0.3, -0.25) is 9.69 Å². The number of hydrogen-bond acceptors (Lipinski definition) is 3. The Bertz CT molecular complexity index is 669. The summed E-state index contributed by atoms with van der Waals surface area (Å²) in [5.74, 6) is 0.845. The summed E-state index contributed by atoms with van der Waals surface area (Å²) < 4.78 is 5.76. The lowest BCUT2D eigenvalue weighted by atomic mass is 10.1. The van der Waals surface area contributed by atoms with E-state index in [4.69, 9.17) is 4.74 Å². The molecule has 1 unspecified atom stereocenters. The molecule has 1 amide bonds. The first-order valence-electron chi connectivity index (χ1n) is 8.18. The highest BCUT2D eigenvalue weighted by Gasteiger charge is 2.22. The van der Waals surface area contributed by atoms with Gasteiger partial charge < -0.3 is 10.1 Å². The molecular weight excluding hydrogens is 300 g/mol. The number of benzene rings is 2. The van der Waals surface area contributed by atoms with Crippen molar-refractivity contribution in [1.29, 1.82) is 0 Å². The molecule has 4 nitrogen and oxygen atoms in total. The van der Waals surface area contributed by atoms with Crippen molar-refractivity contribution in [2.24, 2.45) is 0 Å². The summed E-state index contributed by atoms with van der Waals surface area (Å²) in [6.45, 7) is 5.01. The van der Waals surface area contributed by atoms with Crippen LogP contribution in [0.3, 0.4) is 0 Å². The molecule has 0 fully saturated rings. The number of carbonyl (C=O) groups is 1. The summed E-state index contributed by atoms with van der Waals surface area (Å²) in [5.41, 5.74) is 3.30. The van der Waals surface area contributed by atoms with Crippen LogP contribution in [0.1, 0.15) is 22.7 Å². The van der Waals surface area contributed by atoms with E-state index >= 15 is 0 Å². The number of carbonyl (C=O) groups excluding carboxylic acids is 1. The molecule has 4 heteroatoms. The maximum Gasteiger partial charge on any atom is 0.242 e. The minimum atomic E-state index is -0.299. The van der Waals surface area contributed by atoms with Crippen LogP contribution in [0.2, 0.25) is 0 Å². The summed E-state index contributed by atoms with van der Waals surface area (Å²) in [4.78, 5) is 14.4. The molecule has 0 bridgehead atoms. The van der Waals surface area contributed by atoms with Gasteiger partial charge >= 0.3 is 0 Å². The smallest absolute Gasteiger partial charge is 0.242 e. The van der Waals surface area contributed by atoms with E-state index in [0.29, 0.717) is 13.2 Å². The zero-order chi connectivity index (χ0) is 17.5. The molecule has 1 atom stereocenters. The van der Waals surface area contributed by atoms with Gasteiger partial charge in [-0.15, -0.1) is 0 Å². The summed E-state index contributed by atoms with van der Waals surface area (Å²) in [5, 5.41) is 2.96. The molecule has 128 valence electrons. The van der Waals surface area contributed by atoms with Crippen molar-refractivity contribution >= 4 is 5.91 Å². The quantitative estimate of drug-likeness (QED) is 0.795. The van der Waals surface area contributed by atoms with Gasteiger partial charge in [-0.1, -0.05) is 48.0 Å². The Hall–Kier alpha value is -2.33. The van der Waals surface area contributed by atoms with E-state index < -0.39 is 0 Å². The Morgan fingerprint density at radius 3 is 2.46 bits per heavy atom. The number of nitrogens with zero attached hydrogens (tertiary/aromatic N) is 1. The van der Waals surface area contributed by atoms with Gasteiger partial charge in [0.1, 0.15) is 18.4 Å². The molecule has 2 rings (SSSR count). The standard InChI is InChI=1S/C20H26N2O2/c1-15-10-11-18(16(2)14-15)24-13-12-21-20(23)19(22(3)4)17-8-6-5-7-9-17/h5-11,14,19H,12-13H2,1-4H3,(H,21,23). The van der Waals surface area contributed by atoms with Crippen molar-refractivity contribution in [3.05, 3.63) is 65.2 Å². The van der Waals surface area contributed by atoms with Crippen molar-refractivity contribution in [1.82, 2.24) is 10.2 Å². The summed E-state index contributed by atoms with van der Waals surface area (Å²) in [6.07, 6.45) is 0. The van der Waals surface area contributed by atoms with Gasteiger partial charge in [-0.05, 0) is 45.1 Å². The maximum absolute atomic E-state index is 12.5. The molecular formula is C20H26N2O2. The average molecular weight is 326 g/mol. The summed E-state index contributed by atoms with van der Waals surface area (Å²) in [6, 6.07) is 15.6. The van der Waals surface area contributed by atoms with Crippen molar-refractivity contribution in [3.63, 3.8) is 0 Å². The number of aryl methyl sites for hydroxylation is 2. The van der Waals surface area contributed by atoms with E-state index in [1.807, 2.05) is 68.4 Å². The Morgan fingerprint density at radius 1 is 1.12 bits per heavy atom. The van der Waals surface area contributed by atoms with Gasteiger partial charge in [-0.2, -0.15) is 0 Å². The number of nitrogens with one attached hydrogen (secondary N) is 1. The van der Waals surface area contributed by atoms with Gasteiger partial charge in [0.2, 0.25) is 5.91 Å². The lowest BCUT2D eigenvalue weighted by Gasteiger charge is -2.23. The van der Waals surface area contributed by atoms with Crippen molar-refractivity contribution in [2.45, 2.75) is 19.9 Å². The molecule has 1 N–H and O–H groups in total. The lowest BCUT2D eigenvalue weighted by molar-refractivity contribution is -0.125. The number of rotatable bonds is 7. The first-order chi connectivity index (χ1) is 11.5. The van der Waals surface area contributed by atoms with Crippen LogP contribution >= 0.6 is 0 Å². The van der Waals surface area contributed by atoms with E-state index in [9.17, 15) is 4.79 Å².